The predicted molar refractivity (Wildman–Crippen MR) is 75.0 cm³/mol. The van der Waals surface area contributed by atoms with Gasteiger partial charge in [0.25, 0.3) is 0 Å². The summed E-state index contributed by atoms with van der Waals surface area (Å²) in [6, 6.07) is 7.40. The van der Waals surface area contributed by atoms with Gasteiger partial charge in [0.05, 0.1) is 12.2 Å². The van der Waals surface area contributed by atoms with Crippen molar-refractivity contribution in [3.8, 4) is 0 Å². The molecule has 0 radical (unpaired) electrons. The molecule has 0 saturated heterocycles. The van der Waals surface area contributed by atoms with Crippen LogP contribution in [-0.4, -0.2) is 19.6 Å². The van der Waals surface area contributed by atoms with Crippen molar-refractivity contribution in [1.29, 1.82) is 0 Å². The summed E-state index contributed by atoms with van der Waals surface area (Å²) in [5.41, 5.74) is 1.42. The van der Waals surface area contributed by atoms with Crippen molar-refractivity contribution < 1.29 is 9.53 Å². The molecule has 0 aromatic heterocycles. The van der Waals surface area contributed by atoms with E-state index in [2.05, 4.69) is 12.2 Å². The minimum absolute atomic E-state index is 0.240. The Bertz CT molecular complexity index is 363. The van der Waals surface area contributed by atoms with E-state index in [0.717, 1.165) is 18.5 Å². The largest absolute Gasteiger partial charge is 0.462 e. The van der Waals surface area contributed by atoms with Crippen molar-refractivity contribution in [3.05, 3.63) is 29.8 Å². The lowest BCUT2D eigenvalue weighted by atomic mass is 10.1. The predicted octanol–water partition coefficient (Wildman–Crippen LogP) is 3.86. The number of carbonyl (C=O) groups is 1. The van der Waals surface area contributed by atoms with Crippen LogP contribution >= 0.6 is 0 Å². The molecule has 0 saturated carbocycles. The Labute approximate surface area is 110 Å². The topological polar surface area (TPSA) is 38.3 Å². The van der Waals surface area contributed by atoms with E-state index in [1.807, 2.05) is 18.2 Å². The Morgan fingerprint density at radius 2 is 1.89 bits per heavy atom. The molecule has 100 valence electrons. The highest BCUT2D eigenvalue weighted by Gasteiger charge is 2.10. The quantitative estimate of drug-likeness (QED) is 0.561. The molecule has 1 aromatic rings. The van der Waals surface area contributed by atoms with Gasteiger partial charge in [-0.25, -0.2) is 4.79 Å². The lowest BCUT2D eigenvalue weighted by Gasteiger charge is -2.08. The van der Waals surface area contributed by atoms with Gasteiger partial charge in [0.2, 0.25) is 0 Å². The fraction of sp³-hybridized carbons (Fsp3) is 0.533. The smallest absolute Gasteiger partial charge is 0.340 e. The van der Waals surface area contributed by atoms with Crippen LogP contribution in [0.25, 0.3) is 0 Å². The van der Waals surface area contributed by atoms with E-state index in [1.54, 1.807) is 13.1 Å². The number of hydrogen-bond acceptors (Lipinski definition) is 3. The number of benzene rings is 1. The van der Waals surface area contributed by atoms with E-state index in [9.17, 15) is 4.79 Å². The van der Waals surface area contributed by atoms with Gasteiger partial charge in [-0.05, 0) is 18.6 Å². The molecule has 3 heteroatoms. The number of anilines is 1. The van der Waals surface area contributed by atoms with E-state index in [1.165, 1.54) is 19.3 Å². The maximum absolute atomic E-state index is 11.9. The molecule has 0 amide bonds. The van der Waals surface area contributed by atoms with Crippen LogP contribution < -0.4 is 5.32 Å². The summed E-state index contributed by atoms with van der Waals surface area (Å²) in [5, 5.41) is 2.99. The highest BCUT2D eigenvalue weighted by Crippen LogP contribution is 2.15. The number of carbonyl (C=O) groups excluding carboxylic acids is 1. The van der Waals surface area contributed by atoms with Gasteiger partial charge in [-0.3, -0.25) is 0 Å². The second-order valence-corrected chi connectivity index (χ2v) is 4.35. The first kappa shape index (κ1) is 14.6. The first-order valence-corrected chi connectivity index (χ1v) is 6.73. The monoisotopic (exact) mass is 249 g/mol. The highest BCUT2D eigenvalue weighted by molar-refractivity contribution is 5.95. The summed E-state index contributed by atoms with van der Waals surface area (Å²) in [4.78, 5) is 11.9. The van der Waals surface area contributed by atoms with Gasteiger partial charge in [-0.2, -0.15) is 0 Å². The highest BCUT2D eigenvalue weighted by atomic mass is 16.5. The van der Waals surface area contributed by atoms with Crippen molar-refractivity contribution in [2.24, 2.45) is 0 Å². The summed E-state index contributed by atoms with van der Waals surface area (Å²) in [6.45, 7) is 2.70. The maximum atomic E-state index is 11.9. The number of rotatable bonds is 8. The van der Waals surface area contributed by atoms with Crippen LogP contribution in [0.1, 0.15) is 49.4 Å². The number of esters is 1. The lowest BCUT2D eigenvalue weighted by molar-refractivity contribution is 0.0499. The Morgan fingerprint density at radius 1 is 1.17 bits per heavy atom. The average Bonchev–Trinajstić information content (AvgIpc) is 2.42. The Hall–Kier alpha value is -1.51. The van der Waals surface area contributed by atoms with E-state index < -0.39 is 0 Å². The summed E-state index contributed by atoms with van der Waals surface area (Å²) in [5.74, 6) is -0.240. The van der Waals surface area contributed by atoms with E-state index >= 15 is 0 Å². The van der Waals surface area contributed by atoms with Crippen molar-refractivity contribution in [1.82, 2.24) is 0 Å². The summed E-state index contributed by atoms with van der Waals surface area (Å²) >= 11 is 0. The zero-order valence-corrected chi connectivity index (χ0v) is 11.4. The number of ether oxygens (including phenoxy) is 1. The zero-order chi connectivity index (χ0) is 13.2. The van der Waals surface area contributed by atoms with Gasteiger partial charge in [0.1, 0.15) is 0 Å². The van der Waals surface area contributed by atoms with Crippen molar-refractivity contribution >= 4 is 11.7 Å². The summed E-state index contributed by atoms with van der Waals surface area (Å²) in [6.07, 6.45) is 5.80. The molecule has 3 nitrogen and oxygen atoms in total. The second-order valence-electron chi connectivity index (χ2n) is 4.35. The molecule has 0 heterocycles. The number of unbranched alkanes of at least 4 members (excludes halogenated alkanes) is 4. The molecule has 0 bridgehead atoms. The first-order valence-electron chi connectivity index (χ1n) is 6.73. The fourth-order valence-corrected chi connectivity index (χ4v) is 1.83. The van der Waals surface area contributed by atoms with E-state index in [4.69, 9.17) is 4.74 Å². The lowest BCUT2D eigenvalue weighted by Crippen LogP contribution is -2.09. The molecule has 0 fully saturated rings. The molecule has 0 aliphatic heterocycles. The van der Waals surface area contributed by atoms with Crippen molar-refractivity contribution in [2.45, 2.75) is 39.0 Å². The number of hydrogen-bond donors (Lipinski definition) is 1. The standard InChI is InChI=1S/C15H23NO2/c1-3-4-5-6-9-12-18-15(17)13-10-7-8-11-14(13)16-2/h7-8,10-11,16H,3-6,9,12H2,1-2H3. The molecule has 0 atom stereocenters. The van der Waals surface area contributed by atoms with Crippen molar-refractivity contribution in [2.75, 3.05) is 19.0 Å². The Balaban J connectivity index is 2.32. The van der Waals surface area contributed by atoms with Gasteiger partial charge in [-0.1, -0.05) is 44.7 Å². The molecular weight excluding hydrogens is 226 g/mol. The summed E-state index contributed by atoms with van der Waals surface area (Å²) < 4.78 is 5.27. The van der Waals surface area contributed by atoms with Crippen LogP contribution in [0.15, 0.2) is 24.3 Å². The van der Waals surface area contributed by atoms with Crippen LogP contribution in [0.4, 0.5) is 5.69 Å². The number of nitrogens with one attached hydrogen (secondary N) is 1. The van der Waals surface area contributed by atoms with Gasteiger partial charge in [0, 0.05) is 12.7 Å². The normalized spacial score (nSPS) is 10.1. The van der Waals surface area contributed by atoms with Gasteiger partial charge < -0.3 is 10.1 Å². The minimum atomic E-state index is -0.240. The van der Waals surface area contributed by atoms with Crippen LogP contribution in [0.5, 0.6) is 0 Å². The molecular formula is C15H23NO2. The molecule has 0 aliphatic rings. The zero-order valence-electron chi connectivity index (χ0n) is 11.4. The molecule has 0 unspecified atom stereocenters. The average molecular weight is 249 g/mol. The SMILES string of the molecule is CCCCCCCOC(=O)c1ccccc1NC. The second kappa shape index (κ2) is 8.56. The Kier molecular flexibility index (Phi) is 6.92. The van der Waals surface area contributed by atoms with Crippen molar-refractivity contribution in [3.63, 3.8) is 0 Å². The molecule has 1 N–H and O–H groups in total. The Morgan fingerprint density at radius 3 is 2.61 bits per heavy atom. The van der Waals surface area contributed by atoms with Gasteiger partial charge in [-0.15, -0.1) is 0 Å². The molecule has 0 aliphatic carbocycles. The molecule has 1 aromatic carbocycles. The fourth-order valence-electron chi connectivity index (χ4n) is 1.83. The summed E-state index contributed by atoms with van der Waals surface area (Å²) in [7, 11) is 1.80. The third-order valence-electron chi connectivity index (χ3n) is 2.90. The van der Waals surface area contributed by atoms with Crippen LogP contribution in [0, 0.1) is 0 Å². The van der Waals surface area contributed by atoms with E-state index in [-0.39, 0.29) is 5.97 Å². The number of para-hydroxylation sites is 1. The van der Waals surface area contributed by atoms with E-state index in [0.29, 0.717) is 12.2 Å². The first-order chi connectivity index (χ1) is 8.79. The third-order valence-corrected chi connectivity index (χ3v) is 2.90. The molecule has 18 heavy (non-hydrogen) atoms. The third kappa shape index (κ3) is 4.78. The van der Waals surface area contributed by atoms with Gasteiger partial charge in [0.15, 0.2) is 0 Å². The van der Waals surface area contributed by atoms with Gasteiger partial charge >= 0.3 is 5.97 Å². The van der Waals surface area contributed by atoms with Crippen LogP contribution in [0.2, 0.25) is 0 Å². The molecule has 0 spiro atoms. The van der Waals surface area contributed by atoms with Crippen LogP contribution in [-0.2, 0) is 4.74 Å². The minimum Gasteiger partial charge on any atom is -0.462 e. The maximum Gasteiger partial charge on any atom is 0.340 e. The molecule has 1 rings (SSSR count). The van der Waals surface area contributed by atoms with Crippen LogP contribution in [0.3, 0.4) is 0 Å².